The highest BCUT2D eigenvalue weighted by Crippen LogP contribution is 2.27. The number of hydrogen-bond acceptors (Lipinski definition) is 2. The van der Waals surface area contributed by atoms with Crippen LogP contribution in [0.15, 0.2) is 18.2 Å². The van der Waals surface area contributed by atoms with Gasteiger partial charge in [-0.3, -0.25) is 0 Å². The summed E-state index contributed by atoms with van der Waals surface area (Å²) >= 11 is 0. The van der Waals surface area contributed by atoms with Gasteiger partial charge in [-0.2, -0.15) is 0 Å². The van der Waals surface area contributed by atoms with Crippen molar-refractivity contribution in [1.82, 2.24) is 5.32 Å². The molecule has 94 valence electrons. The highest BCUT2D eigenvalue weighted by molar-refractivity contribution is 5.35. The third-order valence-electron chi connectivity index (χ3n) is 3.53. The Labute approximate surface area is 104 Å². The van der Waals surface area contributed by atoms with Crippen molar-refractivity contribution in [2.45, 2.75) is 52.2 Å². The third kappa shape index (κ3) is 3.01. The van der Waals surface area contributed by atoms with E-state index < -0.39 is 0 Å². The van der Waals surface area contributed by atoms with E-state index in [4.69, 9.17) is 4.74 Å². The van der Waals surface area contributed by atoms with Crippen molar-refractivity contribution in [2.24, 2.45) is 0 Å². The van der Waals surface area contributed by atoms with Crippen molar-refractivity contribution in [3.63, 3.8) is 0 Å². The molecule has 0 aliphatic heterocycles. The fourth-order valence-corrected chi connectivity index (χ4v) is 2.66. The van der Waals surface area contributed by atoms with Gasteiger partial charge in [0.1, 0.15) is 11.9 Å². The lowest BCUT2D eigenvalue weighted by atomic mass is 10.1. The van der Waals surface area contributed by atoms with Crippen LogP contribution >= 0.6 is 0 Å². The highest BCUT2D eigenvalue weighted by atomic mass is 16.5. The average Bonchev–Trinajstić information content (AvgIpc) is 2.71. The number of nitrogens with one attached hydrogen (secondary N) is 1. The predicted octanol–water partition coefficient (Wildman–Crippen LogP) is 3.21. The number of likely N-dealkylation sites (N-methyl/N-ethyl adjacent to an activating group) is 1. The van der Waals surface area contributed by atoms with Gasteiger partial charge in [0.15, 0.2) is 0 Å². The molecule has 1 fully saturated rings. The number of rotatable bonds is 4. The molecule has 17 heavy (non-hydrogen) atoms. The van der Waals surface area contributed by atoms with Gasteiger partial charge >= 0.3 is 0 Å². The van der Waals surface area contributed by atoms with Gasteiger partial charge in [0.2, 0.25) is 0 Å². The maximum atomic E-state index is 6.16. The molecule has 0 amide bonds. The van der Waals surface area contributed by atoms with Crippen LogP contribution in [0, 0.1) is 13.8 Å². The van der Waals surface area contributed by atoms with E-state index >= 15 is 0 Å². The Bertz CT molecular complexity index is 375. The monoisotopic (exact) mass is 233 g/mol. The summed E-state index contributed by atoms with van der Waals surface area (Å²) in [4.78, 5) is 0. The number of aryl methyl sites for hydroxylation is 2. The van der Waals surface area contributed by atoms with E-state index in [0.717, 1.165) is 12.3 Å². The van der Waals surface area contributed by atoms with Crippen LogP contribution in [0.4, 0.5) is 0 Å². The number of ether oxygens (including phenoxy) is 1. The summed E-state index contributed by atoms with van der Waals surface area (Å²) in [5.74, 6) is 1.05. The maximum Gasteiger partial charge on any atom is 0.122 e. The quantitative estimate of drug-likeness (QED) is 0.862. The lowest BCUT2D eigenvalue weighted by Gasteiger charge is -2.23. The van der Waals surface area contributed by atoms with Crippen molar-refractivity contribution in [1.29, 1.82) is 0 Å². The molecule has 2 rings (SSSR count). The molecular formula is C15H23NO. The summed E-state index contributed by atoms with van der Waals surface area (Å²) in [6.07, 6.45) is 4.03. The molecule has 2 nitrogen and oxygen atoms in total. The van der Waals surface area contributed by atoms with E-state index in [0.29, 0.717) is 12.1 Å². The third-order valence-corrected chi connectivity index (χ3v) is 3.53. The number of benzene rings is 1. The lowest BCUT2D eigenvalue weighted by molar-refractivity contribution is 0.174. The first kappa shape index (κ1) is 12.4. The summed E-state index contributed by atoms with van der Waals surface area (Å²) < 4.78 is 6.16. The first-order valence-corrected chi connectivity index (χ1v) is 6.68. The zero-order valence-corrected chi connectivity index (χ0v) is 11.1. The molecule has 2 unspecified atom stereocenters. The van der Waals surface area contributed by atoms with E-state index in [1.165, 1.54) is 30.4 Å². The maximum absolute atomic E-state index is 6.16. The van der Waals surface area contributed by atoms with Gasteiger partial charge in [-0.15, -0.1) is 0 Å². The van der Waals surface area contributed by atoms with Gasteiger partial charge in [-0.25, -0.2) is 0 Å². The van der Waals surface area contributed by atoms with Gasteiger partial charge in [-0.05, 0) is 51.3 Å². The van der Waals surface area contributed by atoms with Crippen LogP contribution < -0.4 is 10.1 Å². The molecule has 1 N–H and O–H groups in total. The normalized spacial score (nSPS) is 23.9. The lowest BCUT2D eigenvalue weighted by Crippen LogP contribution is -2.38. The largest absolute Gasteiger partial charge is 0.489 e. The van der Waals surface area contributed by atoms with E-state index in [1.54, 1.807) is 0 Å². The van der Waals surface area contributed by atoms with Crippen molar-refractivity contribution < 1.29 is 4.74 Å². The van der Waals surface area contributed by atoms with Gasteiger partial charge in [0.05, 0.1) is 0 Å². The van der Waals surface area contributed by atoms with Crippen molar-refractivity contribution in [3.05, 3.63) is 29.3 Å². The van der Waals surface area contributed by atoms with Crippen molar-refractivity contribution in [3.8, 4) is 5.75 Å². The van der Waals surface area contributed by atoms with Crippen LogP contribution in [0.25, 0.3) is 0 Å². The van der Waals surface area contributed by atoms with Gasteiger partial charge in [0, 0.05) is 6.04 Å². The summed E-state index contributed by atoms with van der Waals surface area (Å²) in [6.45, 7) is 7.43. The summed E-state index contributed by atoms with van der Waals surface area (Å²) in [6, 6.07) is 6.94. The Morgan fingerprint density at radius 2 is 2.12 bits per heavy atom. The molecule has 1 aliphatic rings. The van der Waals surface area contributed by atoms with Gasteiger partial charge < -0.3 is 10.1 Å². The topological polar surface area (TPSA) is 21.3 Å². The Morgan fingerprint density at radius 3 is 2.82 bits per heavy atom. The summed E-state index contributed by atoms with van der Waals surface area (Å²) in [5, 5.41) is 3.52. The van der Waals surface area contributed by atoms with Crippen LogP contribution in [0.3, 0.4) is 0 Å². The van der Waals surface area contributed by atoms with E-state index in [-0.39, 0.29) is 0 Å². The SMILES string of the molecule is CCNC1CCCC1Oc1ccc(C)cc1C. The molecular weight excluding hydrogens is 210 g/mol. The molecule has 1 aromatic carbocycles. The molecule has 0 saturated heterocycles. The molecule has 1 saturated carbocycles. The Morgan fingerprint density at radius 1 is 1.29 bits per heavy atom. The minimum absolute atomic E-state index is 0.344. The highest BCUT2D eigenvalue weighted by Gasteiger charge is 2.28. The van der Waals surface area contributed by atoms with E-state index in [9.17, 15) is 0 Å². The van der Waals surface area contributed by atoms with Crippen LogP contribution in [0.2, 0.25) is 0 Å². The molecule has 0 spiro atoms. The van der Waals surface area contributed by atoms with Crippen LogP contribution in [0.5, 0.6) is 5.75 Å². The molecule has 0 heterocycles. The van der Waals surface area contributed by atoms with Crippen LogP contribution in [-0.2, 0) is 0 Å². The first-order valence-electron chi connectivity index (χ1n) is 6.68. The minimum atomic E-state index is 0.344. The van der Waals surface area contributed by atoms with Crippen molar-refractivity contribution in [2.75, 3.05) is 6.54 Å². The Balaban J connectivity index is 2.04. The van der Waals surface area contributed by atoms with Crippen LogP contribution in [-0.4, -0.2) is 18.7 Å². The van der Waals surface area contributed by atoms with Gasteiger partial charge in [0.25, 0.3) is 0 Å². The Hall–Kier alpha value is -1.02. The second-order valence-corrected chi connectivity index (χ2v) is 5.02. The van der Waals surface area contributed by atoms with Crippen molar-refractivity contribution >= 4 is 0 Å². The molecule has 2 heteroatoms. The molecule has 1 aromatic rings. The molecule has 2 atom stereocenters. The van der Waals surface area contributed by atoms with E-state index in [2.05, 4.69) is 44.3 Å². The molecule has 1 aliphatic carbocycles. The number of hydrogen-bond donors (Lipinski definition) is 1. The Kier molecular flexibility index (Phi) is 4.06. The van der Waals surface area contributed by atoms with Gasteiger partial charge in [-0.1, -0.05) is 24.6 Å². The summed E-state index contributed by atoms with van der Waals surface area (Å²) in [7, 11) is 0. The fraction of sp³-hybridized carbons (Fsp3) is 0.600. The minimum Gasteiger partial charge on any atom is -0.489 e. The second kappa shape index (κ2) is 5.54. The fourth-order valence-electron chi connectivity index (χ4n) is 2.66. The second-order valence-electron chi connectivity index (χ2n) is 5.02. The van der Waals surface area contributed by atoms with Crippen LogP contribution in [0.1, 0.15) is 37.3 Å². The zero-order valence-electron chi connectivity index (χ0n) is 11.1. The van der Waals surface area contributed by atoms with E-state index in [1.807, 2.05) is 0 Å². The zero-order chi connectivity index (χ0) is 12.3. The smallest absolute Gasteiger partial charge is 0.122 e. The standard InChI is InChI=1S/C15H23NO/c1-4-16-13-6-5-7-15(13)17-14-9-8-11(2)10-12(14)3/h8-10,13,15-16H,4-7H2,1-3H3. The predicted molar refractivity (Wildman–Crippen MR) is 71.6 cm³/mol. The average molecular weight is 233 g/mol. The first-order chi connectivity index (χ1) is 8.20. The molecule has 0 aromatic heterocycles. The summed E-state index contributed by atoms with van der Waals surface area (Å²) in [5.41, 5.74) is 2.54. The molecule has 0 radical (unpaired) electrons. The molecule has 0 bridgehead atoms.